The minimum atomic E-state index is -0.213. The third kappa shape index (κ3) is 3.14. The quantitative estimate of drug-likeness (QED) is 0.891. The van der Waals surface area contributed by atoms with Crippen LogP contribution < -0.4 is 5.32 Å². The molecule has 2 nitrogen and oxygen atoms in total. The van der Waals surface area contributed by atoms with E-state index in [9.17, 15) is 4.39 Å². The van der Waals surface area contributed by atoms with Gasteiger partial charge in [0.2, 0.25) is 0 Å². The molecular formula is C15H17FN2. The number of rotatable bonds is 4. The molecule has 0 saturated carbocycles. The maximum absolute atomic E-state index is 13.3. The molecule has 0 aliphatic carbocycles. The largest absolute Gasteiger partial charge is 0.310 e. The van der Waals surface area contributed by atoms with Crippen LogP contribution in [0.1, 0.15) is 19.4 Å². The summed E-state index contributed by atoms with van der Waals surface area (Å²) in [5, 5.41) is 3.30. The fourth-order valence-electron chi connectivity index (χ4n) is 1.79. The minimum Gasteiger partial charge on any atom is -0.310 e. The van der Waals surface area contributed by atoms with E-state index in [0.717, 1.165) is 16.8 Å². The molecule has 0 unspecified atom stereocenters. The van der Waals surface area contributed by atoms with Crippen molar-refractivity contribution in [2.75, 3.05) is 0 Å². The van der Waals surface area contributed by atoms with Crippen LogP contribution in [0.15, 0.2) is 42.6 Å². The van der Waals surface area contributed by atoms with Crippen molar-refractivity contribution in [1.82, 2.24) is 10.3 Å². The molecule has 18 heavy (non-hydrogen) atoms. The first-order valence-corrected chi connectivity index (χ1v) is 6.10. The molecule has 3 heteroatoms. The molecule has 1 aromatic carbocycles. The molecule has 0 aliphatic rings. The first-order valence-electron chi connectivity index (χ1n) is 6.10. The van der Waals surface area contributed by atoms with E-state index in [-0.39, 0.29) is 5.82 Å². The summed E-state index contributed by atoms with van der Waals surface area (Å²) >= 11 is 0. The number of aromatic nitrogens is 1. The SMILES string of the molecule is CC(C)NCc1cc(F)ccc1-c1ccccn1. The molecular weight excluding hydrogens is 227 g/mol. The van der Waals surface area contributed by atoms with Gasteiger partial charge in [-0.2, -0.15) is 0 Å². The standard InChI is InChI=1S/C15H17FN2/c1-11(2)18-10-12-9-13(16)6-7-14(12)15-5-3-4-8-17-15/h3-9,11,18H,10H2,1-2H3. The molecule has 0 fully saturated rings. The normalized spacial score (nSPS) is 10.9. The predicted octanol–water partition coefficient (Wildman–Crippen LogP) is 3.39. The summed E-state index contributed by atoms with van der Waals surface area (Å²) in [6, 6.07) is 10.9. The molecule has 1 heterocycles. The van der Waals surface area contributed by atoms with Crippen LogP contribution in [0.4, 0.5) is 4.39 Å². The molecule has 2 rings (SSSR count). The van der Waals surface area contributed by atoms with Crippen LogP contribution in [0.25, 0.3) is 11.3 Å². The van der Waals surface area contributed by atoms with E-state index in [0.29, 0.717) is 12.6 Å². The zero-order valence-electron chi connectivity index (χ0n) is 10.7. The van der Waals surface area contributed by atoms with Crippen molar-refractivity contribution in [1.29, 1.82) is 0 Å². The van der Waals surface area contributed by atoms with Crippen LogP contribution in [0.2, 0.25) is 0 Å². The van der Waals surface area contributed by atoms with Gasteiger partial charge in [0.25, 0.3) is 0 Å². The molecule has 0 amide bonds. The number of hydrogen-bond acceptors (Lipinski definition) is 2. The molecule has 0 atom stereocenters. The first kappa shape index (κ1) is 12.7. The molecule has 94 valence electrons. The van der Waals surface area contributed by atoms with Gasteiger partial charge in [0.1, 0.15) is 5.82 Å². The number of pyridine rings is 1. The van der Waals surface area contributed by atoms with Crippen molar-refractivity contribution in [2.24, 2.45) is 0 Å². The molecule has 0 spiro atoms. The van der Waals surface area contributed by atoms with Crippen LogP contribution in [-0.2, 0) is 6.54 Å². The van der Waals surface area contributed by atoms with Gasteiger partial charge in [0, 0.05) is 24.3 Å². The number of halogens is 1. The molecule has 2 aromatic rings. The van der Waals surface area contributed by atoms with Crippen LogP contribution in [0.5, 0.6) is 0 Å². The summed E-state index contributed by atoms with van der Waals surface area (Å²) in [7, 11) is 0. The number of benzene rings is 1. The van der Waals surface area contributed by atoms with E-state index in [2.05, 4.69) is 24.1 Å². The average Bonchev–Trinajstić information content (AvgIpc) is 2.37. The molecule has 0 aliphatic heterocycles. The van der Waals surface area contributed by atoms with Gasteiger partial charge in [-0.3, -0.25) is 4.98 Å². The summed E-state index contributed by atoms with van der Waals surface area (Å²) in [5.74, 6) is -0.213. The van der Waals surface area contributed by atoms with Gasteiger partial charge in [0.05, 0.1) is 5.69 Å². The lowest BCUT2D eigenvalue weighted by Crippen LogP contribution is -2.22. The van der Waals surface area contributed by atoms with Crippen molar-refractivity contribution in [2.45, 2.75) is 26.4 Å². The Hall–Kier alpha value is -1.74. The monoisotopic (exact) mass is 244 g/mol. The highest BCUT2D eigenvalue weighted by molar-refractivity contribution is 5.63. The second kappa shape index (κ2) is 5.74. The first-order chi connectivity index (χ1) is 8.66. The number of nitrogens with zero attached hydrogens (tertiary/aromatic N) is 1. The third-order valence-electron chi connectivity index (χ3n) is 2.71. The Morgan fingerprint density at radius 2 is 2.06 bits per heavy atom. The number of hydrogen-bond donors (Lipinski definition) is 1. The Labute approximate surface area is 107 Å². The van der Waals surface area contributed by atoms with Gasteiger partial charge >= 0.3 is 0 Å². The van der Waals surface area contributed by atoms with E-state index >= 15 is 0 Å². The maximum atomic E-state index is 13.3. The minimum absolute atomic E-state index is 0.213. The fraction of sp³-hybridized carbons (Fsp3) is 0.267. The smallest absolute Gasteiger partial charge is 0.123 e. The van der Waals surface area contributed by atoms with E-state index in [1.165, 1.54) is 6.07 Å². The van der Waals surface area contributed by atoms with Gasteiger partial charge in [-0.05, 0) is 35.9 Å². The van der Waals surface area contributed by atoms with Crippen molar-refractivity contribution < 1.29 is 4.39 Å². The second-order valence-corrected chi connectivity index (χ2v) is 4.55. The summed E-state index contributed by atoms with van der Waals surface area (Å²) < 4.78 is 13.3. The highest BCUT2D eigenvalue weighted by atomic mass is 19.1. The fourth-order valence-corrected chi connectivity index (χ4v) is 1.79. The maximum Gasteiger partial charge on any atom is 0.123 e. The summed E-state index contributed by atoms with van der Waals surface area (Å²) in [6.07, 6.45) is 1.75. The van der Waals surface area contributed by atoms with E-state index in [1.54, 1.807) is 18.3 Å². The summed E-state index contributed by atoms with van der Waals surface area (Å²) in [5.41, 5.74) is 2.78. The van der Waals surface area contributed by atoms with Gasteiger partial charge in [-0.25, -0.2) is 4.39 Å². The highest BCUT2D eigenvalue weighted by Crippen LogP contribution is 2.22. The van der Waals surface area contributed by atoms with Crippen LogP contribution in [0.3, 0.4) is 0 Å². The van der Waals surface area contributed by atoms with Crippen LogP contribution in [-0.4, -0.2) is 11.0 Å². The van der Waals surface area contributed by atoms with E-state index in [4.69, 9.17) is 0 Å². The van der Waals surface area contributed by atoms with Crippen LogP contribution >= 0.6 is 0 Å². The Kier molecular flexibility index (Phi) is 4.05. The Bertz CT molecular complexity index is 509. The van der Waals surface area contributed by atoms with Gasteiger partial charge in [-0.15, -0.1) is 0 Å². The van der Waals surface area contributed by atoms with Gasteiger partial charge < -0.3 is 5.32 Å². The van der Waals surface area contributed by atoms with E-state index < -0.39 is 0 Å². The Balaban J connectivity index is 2.35. The van der Waals surface area contributed by atoms with Crippen LogP contribution in [0, 0.1) is 5.82 Å². The van der Waals surface area contributed by atoms with Crippen molar-refractivity contribution in [3.8, 4) is 11.3 Å². The van der Waals surface area contributed by atoms with Crippen molar-refractivity contribution in [3.05, 3.63) is 54.0 Å². The Morgan fingerprint density at radius 3 is 2.72 bits per heavy atom. The molecule has 0 radical (unpaired) electrons. The lowest BCUT2D eigenvalue weighted by molar-refractivity contribution is 0.582. The zero-order valence-corrected chi connectivity index (χ0v) is 10.7. The topological polar surface area (TPSA) is 24.9 Å². The third-order valence-corrected chi connectivity index (χ3v) is 2.71. The summed E-state index contributed by atoms with van der Waals surface area (Å²) in [4.78, 5) is 4.32. The molecule has 1 aromatic heterocycles. The number of nitrogens with one attached hydrogen (secondary N) is 1. The zero-order chi connectivity index (χ0) is 13.0. The molecule has 0 saturated heterocycles. The second-order valence-electron chi connectivity index (χ2n) is 4.55. The van der Waals surface area contributed by atoms with Gasteiger partial charge in [-0.1, -0.05) is 19.9 Å². The highest BCUT2D eigenvalue weighted by Gasteiger charge is 2.07. The molecule has 0 bridgehead atoms. The summed E-state index contributed by atoms with van der Waals surface area (Å²) in [6.45, 7) is 4.78. The van der Waals surface area contributed by atoms with Crippen molar-refractivity contribution >= 4 is 0 Å². The van der Waals surface area contributed by atoms with Crippen molar-refractivity contribution in [3.63, 3.8) is 0 Å². The molecule has 1 N–H and O–H groups in total. The lowest BCUT2D eigenvalue weighted by Gasteiger charge is -2.12. The Morgan fingerprint density at radius 1 is 1.22 bits per heavy atom. The lowest BCUT2D eigenvalue weighted by atomic mass is 10.0. The average molecular weight is 244 g/mol. The van der Waals surface area contributed by atoms with E-state index in [1.807, 2.05) is 18.2 Å². The van der Waals surface area contributed by atoms with Gasteiger partial charge in [0.15, 0.2) is 0 Å². The predicted molar refractivity (Wildman–Crippen MR) is 71.6 cm³/mol.